The topological polar surface area (TPSA) is 24.1 Å². The molecule has 0 aliphatic rings. The highest BCUT2D eigenvalue weighted by atomic mass is 32.1. The van der Waals surface area contributed by atoms with Gasteiger partial charge in [0.25, 0.3) is 0 Å². The summed E-state index contributed by atoms with van der Waals surface area (Å²) in [5.41, 5.74) is 7.30. The Morgan fingerprint density at radius 1 is 0.909 bits per heavy atom. The lowest BCUT2D eigenvalue weighted by atomic mass is 10.0. The second-order valence-corrected chi connectivity index (χ2v) is 6.41. The summed E-state index contributed by atoms with van der Waals surface area (Å²) in [5, 5.41) is 7.34. The molecular weight excluding hydrogens is 288 g/mol. The molecule has 0 aromatic heterocycles. The number of rotatable bonds is 3. The van der Waals surface area contributed by atoms with Crippen molar-refractivity contribution in [3.05, 3.63) is 64.2 Å². The molecule has 2 aromatic carbocycles. The SMILES string of the molecule is Cc1ccc(C)c(NC(=S)N[C@@H](C)c2cc(C)ccc2C)c1. The van der Waals surface area contributed by atoms with Crippen molar-refractivity contribution >= 4 is 23.0 Å². The highest BCUT2D eigenvalue weighted by Gasteiger charge is 2.10. The molecule has 116 valence electrons. The van der Waals surface area contributed by atoms with E-state index in [-0.39, 0.29) is 6.04 Å². The Hall–Kier alpha value is -1.87. The van der Waals surface area contributed by atoms with Crippen LogP contribution in [0.4, 0.5) is 5.69 Å². The molecule has 0 amide bonds. The lowest BCUT2D eigenvalue weighted by Crippen LogP contribution is -2.31. The predicted molar refractivity (Wildman–Crippen MR) is 99.6 cm³/mol. The van der Waals surface area contributed by atoms with Gasteiger partial charge < -0.3 is 10.6 Å². The van der Waals surface area contributed by atoms with Crippen LogP contribution in [0.2, 0.25) is 0 Å². The predicted octanol–water partition coefficient (Wildman–Crippen LogP) is 4.97. The molecule has 2 nitrogen and oxygen atoms in total. The van der Waals surface area contributed by atoms with Crippen LogP contribution in [0.1, 0.15) is 40.8 Å². The first kappa shape index (κ1) is 16.5. The maximum atomic E-state index is 5.47. The minimum absolute atomic E-state index is 0.171. The number of hydrogen-bond donors (Lipinski definition) is 2. The Morgan fingerprint density at radius 2 is 1.50 bits per heavy atom. The third-order valence-electron chi connectivity index (χ3n) is 3.89. The summed E-state index contributed by atoms with van der Waals surface area (Å²) in [6, 6.07) is 13.0. The number of benzene rings is 2. The fourth-order valence-corrected chi connectivity index (χ4v) is 2.82. The van der Waals surface area contributed by atoms with Crippen LogP contribution in [0.25, 0.3) is 0 Å². The first-order valence-corrected chi connectivity index (χ1v) is 7.99. The summed E-state index contributed by atoms with van der Waals surface area (Å²) >= 11 is 5.47. The maximum Gasteiger partial charge on any atom is 0.171 e. The Kier molecular flexibility index (Phi) is 5.19. The van der Waals surface area contributed by atoms with Crippen LogP contribution in [0.3, 0.4) is 0 Å². The van der Waals surface area contributed by atoms with Gasteiger partial charge in [-0.25, -0.2) is 0 Å². The molecule has 0 saturated heterocycles. The molecule has 2 N–H and O–H groups in total. The van der Waals surface area contributed by atoms with Crippen LogP contribution >= 0.6 is 12.2 Å². The van der Waals surface area contributed by atoms with E-state index in [9.17, 15) is 0 Å². The van der Waals surface area contributed by atoms with Gasteiger partial charge in [0.2, 0.25) is 0 Å². The fraction of sp³-hybridized carbons (Fsp3) is 0.316. The zero-order valence-corrected chi connectivity index (χ0v) is 14.8. The average molecular weight is 312 g/mol. The van der Waals surface area contributed by atoms with Gasteiger partial charge in [-0.15, -0.1) is 0 Å². The smallest absolute Gasteiger partial charge is 0.171 e. The standard InChI is InChI=1S/C19H24N2S/c1-12-6-8-14(3)17(10-12)16(5)20-19(22)21-18-11-13(2)7-9-15(18)4/h6-11,16H,1-5H3,(H2,20,21,22)/t16-/m0/s1. The first-order valence-electron chi connectivity index (χ1n) is 7.58. The lowest BCUT2D eigenvalue weighted by Gasteiger charge is -2.20. The van der Waals surface area contributed by atoms with Crippen molar-refractivity contribution < 1.29 is 0 Å². The highest BCUT2D eigenvalue weighted by molar-refractivity contribution is 7.80. The molecule has 0 heterocycles. The molecular formula is C19H24N2S. The minimum atomic E-state index is 0.171. The summed E-state index contributed by atoms with van der Waals surface area (Å²) in [6.07, 6.45) is 0. The third-order valence-corrected chi connectivity index (χ3v) is 4.11. The Bertz CT molecular complexity index is 692. The molecule has 0 fully saturated rings. The molecule has 0 saturated carbocycles. The van der Waals surface area contributed by atoms with Crippen molar-refractivity contribution in [3.63, 3.8) is 0 Å². The zero-order chi connectivity index (χ0) is 16.3. The van der Waals surface area contributed by atoms with Crippen LogP contribution in [0, 0.1) is 27.7 Å². The van der Waals surface area contributed by atoms with E-state index in [4.69, 9.17) is 12.2 Å². The summed E-state index contributed by atoms with van der Waals surface area (Å²) in [4.78, 5) is 0. The van der Waals surface area contributed by atoms with E-state index in [0.29, 0.717) is 5.11 Å². The molecule has 0 spiro atoms. The molecule has 0 unspecified atom stereocenters. The minimum Gasteiger partial charge on any atom is -0.356 e. The molecule has 22 heavy (non-hydrogen) atoms. The second kappa shape index (κ2) is 6.93. The normalized spacial score (nSPS) is 11.9. The van der Waals surface area contributed by atoms with Crippen LogP contribution < -0.4 is 10.6 Å². The van der Waals surface area contributed by atoms with E-state index >= 15 is 0 Å². The van der Waals surface area contributed by atoms with Crippen LogP contribution in [-0.4, -0.2) is 5.11 Å². The maximum absolute atomic E-state index is 5.47. The van der Waals surface area contributed by atoms with Gasteiger partial charge in [0.1, 0.15) is 0 Å². The third kappa shape index (κ3) is 4.08. The summed E-state index contributed by atoms with van der Waals surface area (Å²) < 4.78 is 0. The lowest BCUT2D eigenvalue weighted by molar-refractivity contribution is 0.716. The van der Waals surface area contributed by atoms with Gasteiger partial charge in [-0.2, -0.15) is 0 Å². The van der Waals surface area contributed by atoms with E-state index < -0.39 is 0 Å². The molecule has 1 atom stereocenters. The van der Waals surface area contributed by atoms with E-state index in [1.165, 1.54) is 27.8 Å². The van der Waals surface area contributed by atoms with E-state index in [2.05, 4.69) is 81.7 Å². The van der Waals surface area contributed by atoms with E-state index in [0.717, 1.165) is 5.69 Å². The number of aryl methyl sites for hydroxylation is 4. The summed E-state index contributed by atoms with van der Waals surface area (Å²) in [7, 11) is 0. The van der Waals surface area contributed by atoms with Crippen molar-refractivity contribution in [2.45, 2.75) is 40.7 Å². The van der Waals surface area contributed by atoms with Gasteiger partial charge in [-0.3, -0.25) is 0 Å². The number of anilines is 1. The quantitative estimate of drug-likeness (QED) is 0.783. The molecule has 0 bridgehead atoms. The number of hydrogen-bond acceptors (Lipinski definition) is 1. The van der Waals surface area contributed by atoms with Crippen molar-refractivity contribution in [2.75, 3.05) is 5.32 Å². The molecule has 0 radical (unpaired) electrons. The Labute approximate surface area is 139 Å². The van der Waals surface area contributed by atoms with Gasteiger partial charge in [-0.1, -0.05) is 35.9 Å². The monoisotopic (exact) mass is 312 g/mol. The highest BCUT2D eigenvalue weighted by Crippen LogP contribution is 2.20. The van der Waals surface area contributed by atoms with E-state index in [1.54, 1.807) is 0 Å². The van der Waals surface area contributed by atoms with Crippen LogP contribution in [0.15, 0.2) is 36.4 Å². The fourth-order valence-electron chi connectivity index (χ4n) is 2.53. The van der Waals surface area contributed by atoms with Gasteiger partial charge >= 0.3 is 0 Å². The van der Waals surface area contributed by atoms with Crippen molar-refractivity contribution in [1.29, 1.82) is 0 Å². The zero-order valence-electron chi connectivity index (χ0n) is 13.9. The Morgan fingerprint density at radius 3 is 2.18 bits per heavy atom. The van der Waals surface area contributed by atoms with Crippen molar-refractivity contribution in [2.24, 2.45) is 0 Å². The van der Waals surface area contributed by atoms with Gasteiger partial charge in [0, 0.05) is 5.69 Å². The van der Waals surface area contributed by atoms with Crippen LogP contribution in [-0.2, 0) is 0 Å². The van der Waals surface area contributed by atoms with Gasteiger partial charge in [0.05, 0.1) is 6.04 Å². The van der Waals surface area contributed by atoms with Crippen molar-refractivity contribution in [1.82, 2.24) is 5.32 Å². The van der Waals surface area contributed by atoms with E-state index in [1.807, 2.05) is 0 Å². The second-order valence-electron chi connectivity index (χ2n) is 6.00. The molecule has 2 rings (SSSR count). The number of thiocarbonyl (C=S) groups is 1. The number of nitrogens with one attached hydrogen (secondary N) is 2. The van der Waals surface area contributed by atoms with Gasteiger partial charge in [0.15, 0.2) is 5.11 Å². The average Bonchev–Trinajstić information content (AvgIpc) is 2.45. The summed E-state index contributed by atoms with van der Waals surface area (Å²) in [5.74, 6) is 0. The first-order chi connectivity index (χ1) is 10.4. The molecule has 3 heteroatoms. The van der Waals surface area contributed by atoms with Crippen molar-refractivity contribution in [3.8, 4) is 0 Å². The summed E-state index contributed by atoms with van der Waals surface area (Å²) in [6.45, 7) is 10.5. The van der Waals surface area contributed by atoms with Gasteiger partial charge in [-0.05, 0) is 75.2 Å². The molecule has 0 aliphatic carbocycles. The molecule has 0 aliphatic heterocycles. The molecule has 2 aromatic rings. The Balaban J connectivity index is 2.08. The van der Waals surface area contributed by atoms with Crippen LogP contribution in [0.5, 0.6) is 0 Å². The largest absolute Gasteiger partial charge is 0.356 e.